The number of unbranched alkanes of at least 4 members (excludes halogenated alkanes) is 10. The van der Waals surface area contributed by atoms with Crippen molar-refractivity contribution in [3.63, 3.8) is 0 Å². The van der Waals surface area contributed by atoms with Crippen LogP contribution in [0.15, 0.2) is 48.5 Å². The van der Waals surface area contributed by atoms with Crippen molar-refractivity contribution in [1.29, 1.82) is 0 Å². The van der Waals surface area contributed by atoms with Gasteiger partial charge in [-0.25, -0.2) is 0 Å². The predicted octanol–water partition coefficient (Wildman–Crippen LogP) is 13.2. The maximum Gasteiger partial charge on any atom is 0.0215 e. The predicted molar refractivity (Wildman–Crippen MR) is 184 cm³/mol. The van der Waals surface area contributed by atoms with Crippen LogP contribution in [-0.2, 0) is 16.2 Å². The fourth-order valence-corrected chi connectivity index (χ4v) is 7.51. The zero-order chi connectivity index (χ0) is 29.7. The average Bonchev–Trinajstić information content (AvgIpc) is 3.20. The number of fused-ring (bicyclic) bond motifs is 5. The van der Waals surface area contributed by atoms with Crippen LogP contribution in [0.1, 0.15) is 168 Å². The normalized spacial score (nSPS) is 14.4. The van der Waals surface area contributed by atoms with Crippen LogP contribution in [0.3, 0.4) is 0 Å². The molecule has 1 aliphatic carbocycles. The van der Waals surface area contributed by atoms with E-state index in [-0.39, 0.29) is 16.2 Å². The molecular weight excluding hydrogens is 492 g/mol. The van der Waals surface area contributed by atoms with Gasteiger partial charge in [-0.2, -0.15) is 0 Å². The highest BCUT2D eigenvalue weighted by atomic mass is 14.5. The lowest BCUT2D eigenvalue weighted by atomic mass is 9.68. The van der Waals surface area contributed by atoms with Crippen LogP contribution in [0, 0.1) is 0 Å². The van der Waals surface area contributed by atoms with Gasteiger partial charge in [0, 0.05) is 5.41 Å². The lowest BCUT2D eigenvalue weighted by molar-refractivity contribution is 0.396. The first kappa shape index (κ1) is 31.8. The van der Waals surface area contributed by atoms with Gasteiger partial charge in [-0.3, -0.25) is 0 Å². The van der Waals surface area contributed by atoms with Gasteiger partial charge < -0.3 is 0 Å². The quantitative estimate of drug-likeness (QED) is 0.174. The highest BCUT2D eigenvalue weighted by Crippen LogP contribution is 2.58. The Hall–Kier alpha value is -2.08. The number of hydrogen-bond acceptors (Lipinski definition) is 0. The Kier molecular flexibility index (Phi) is 10.5. The van der Waals surface area contributed by atoms with E-state index in [1.165, 1.54) is 117 Å². The molecule has 0 heterocycles. The third kappa shape index (κ3) is 6.95. The van der Waals surface area contributed by atoms with E-state index in [0.29, 0.717) is 0 Å². The second kappa shape index (κ2) is 13.5. The zero-order valence-electron chi connectivity index (χ0n) is 28.0. The third-order valence-electron chi connectivity index (χ3n) is 9.95. The summed E-state index contributed by atoms with van der Waals surface area (Å²) in [5.74, 6) is 0. The van der Waals surface area contributed by atoms with E-state index in [1.54, 1.807) is 16.7 Å². The fraction of sp³-hybridized carbons (Fsp3) is 0.610. The summed E-state index contributed by atoms with van der Waals surface area (Å²) in [7, 11) is 0. The molecule has 224 valence electrons. The maximum atomic E-state index is 2.68. The second-order valence-electron chi connectivity index (χ2n) is 15.3. The first-order valence-corrected chi connectivity index (χ1v) is 17.3. The van der Waals surface area contributed by atoms with Crippen LogP contribution in [0.25, 0.3) is 21.9 Å². The maximum absolute atomic E-state index is 2.68. The molecule has 0 radical (unpaired) electrons. The minimum Gasteiger partial charge on any atom is -0.0654 e. The molecule has 0 fully saturated rings. The Labute approximate surface area is 253 Å². The van der Waals surface area contributed by atoms with Crippen LogP contribution in [0.2, 0.25) is 0 Å². The van der Waals surface area contributed by atoms with Crippen molar-refractivity contribution in [2.24, 2.45) is 0 Å². The van der Waals surface area contributed by atoms with E-state index in [1.807, 2.05) is 0 Å². The van der Waals surface area contributed by atoms with Crippen LogP contribution < -0.4 is 0 Å². The SMILES string of the molecule is CCCCCCCCC1(CCCCCCCC)c2cc(C(C)(C)C)ccc2-c2c1cc(C(C)(C)C)c1ccccc21. The van der Waals surface area contributed by atoms with Crippen LogP contribution in [-0.4, -0.2) is 0 Å². The summed E-state index contributed by atoms with van der Waals surface area (Å²) in [5, 5.41) is 2.91. The minimum absolute atomic E-state index is 0.103. The Balaban J connectivity index is 1.89. The minimum atomic E-state index is 0.103. The van der Waals surface area contributed by atoms with Crippen molar-refractivity contribution in [3.05, 3.63) is 70.8 Å². The Bertz CT molecular complexity index is 1260. The first-order valence-electron chi connectivity index (χ1n) is 17.3. The summed E-state index contributed by atoms with van der Waals surface area (Å²) in [6.07, 6.45) is 18.9. The molecule has 0 bridgehead atoms. The second-order valence-corrected chi connectivity index (χ2v) is 15.3. The summed E-state index contributed by atoms with van der Waals surface area (Å²) >= 11 is 0. The van der Waals surface area contributed by atoms with Gasteiger partial charge in [0.25, 0.3) is 0 Å². The Morgan fingerprint density at radius 1 is 0.537 bits per heavy atom. The van der Waals surface area contributed by atoms with Gasteiger partial charge in [0.05, 0.1) is 0 Å². The molecule has 0 nitrogen and oxygen atoms in total. The van der Waals surface area contributed by atoms with E-state index in [9.17, 15) is 0 Å². The van der Waals surface area contributed by atoms with Gasteiger partial charge in [0.2, 0.25) is 0 Å². The third-order valence-corrected chi connectivity index (χ3v) is 9.95. The molecule has 0 aliphatic heterocycles. The average molecular weight is 553 g/mol. The Morgan fingerprint density at radius 2 is 1.07 bits per heavy atom. The van der Waals surface area contributed by atoms with Gasteiger partial charge >= 0.3 is 0 Å². The van der Waals surface area contributed by atoms with Crippen LogP contribution >= 0.6 is 0 Å². The number of rotatable bonds is 14. The van der Waals surface area contributed by atoms with Crippen molar-refractivity contribution in [3.8, 4) is 11.1 Å². The van der Waals surface area contributed by atoms with E-state index in [4.69, 9.17) is 0 Å². The molecule has 0 aromatic heterocycles. The standard InChI is InChI=1S/C41H60/c1-9-11-13-15-17-21-27-41(28-22-18-16-14-12-10-2)36-29-31(39(3,4)5)25-26-34(36)38-33-24-20-19-23-32(33)35(30-37(38)41)40(6,7)8/h19-20,23-26,29-30H,9-18,21-22,27-28H2,1-8H3. The van der Waals surface area contributed by atoms with E-state index in [0.717, 1.165) is 0 Å². The topological polar surface area (TPSA) is 0 Å². The molecule has 41 heavy (non-hydrogen) atoms. The van der Waals surface area contributed by atoms with Gasteiger partial charge in [-0.05, 0) is 67.8 Å². The molecule has 0 unspecified atom stereocenters. The lowest BCUT2D eigenvalue weighted by Crippen LogP contribution is -2.27. The van der Waals surface area contributed by atoms with E-state index in [2.05, 4.69) is 104 Å². The first-order chi connectivity index (χ1) is 19.5. The molecule has 3 aromatic carbocycles. The highest BCUT2D eigenvalue weighted by Gasteiger charge is 2.44. The molecule has 3 aromatic rings. The largest absolute Gasteiger partial charge is 0.0654 e. The molecule has 0 saturated carbocycles. The van der Waals surface area contributed by atoms with E-state index < -0.39 is 0 Å². The molecule has 0 N–H and O–H groups in total. The molecule has 0 atom stereocenters. The highest BCUT2D eigenvalue weighted by molar-refractivity contribution is 6.04. The molecule has 1 aliphatic rings. The Morgan fingerprint density at radius 3 is 1.61 bits per heavy atom. The van der Waals surface area contributed by atoms with Crippen molar-refractivity contribution in [2.45, 2.75) is 162 Å². The molecular formula is C41H60. The fourth-order valence-electron chi connectivity index (χ4n) is 7.51. The zero-order valence-corrected chi connectivity index (χ0v) is 28.0. The van der Waals surface area contributed by atoms with Crippen LogP contribution in [0.5, 0.6) is 0 Å². The van der Waals surface area contributed by atoms with Gasteiger partial charge in [-0.1, -0.05) is 181 Å². The van der Waals surface area contributed by atoms with Crippen molar-refractivity contribution in [1.82, 2.24) is 0 Å². The summed E-state index contributed by atoms with van der Waals surface area (Å²) in [6, 6.07) is 19.6. The lowest BCUT2D eigenvalue weighted by Gasteiger charge is -2.35. The smallest absolute Gasteiger partial charge is 0.0215 e. The van der Waals surface area contributed by atoms with Crippen molar-refractivity contribution >= 4 is 10.8 Å². The number of benzene rings is 3. The summed E-state index contributed by atoms with van der Waals surface area (Å²) in [4.78, 5) is 0. The van der Waals surface area contributed by atoms with Gasteiger partial charge in [0.1, 0.15) is 0 Å². The van der Waals surface area contributed by atoms with Crippen LogP contribution in [0.4, 0.5) is 0 Å². The van der Waals surface area contributed by atoms with E-state index >= 15 is 0 Å². The van der Waals surface area contributed by atoms with Gasteiger partial charge in [-0.15, -0.1) is 0 Å². The molecule has 0 heteroatoms. The monoisotopic (exact) mass is 552 g/mol. The molecule has 0 saturated heterocycles. The number of hydrogen-bond donors (Lipinski definition) is 0. The van der Waals surface area contributed by atoms with Gasteiger partial charge in [0.15, 0.2) is 0 Å². The van der Waals surface area contributed by atoms with Crippen molar-refractivity contribution in [2.75, 3.05) is 0 Å². The summed E-state index contributed by atoms with van der Waals surface area (Å²) < 4.78 is 0. The summed E-state index contributed by atoms with van der Waals surface area (Å²) in [5.41, 5.74) is 9.71. The van der Waals surface area contributed by atoms with Crippen molar-refractivity contribution < 1.29 is 0 Å². The molecule has 0 spiro atoms. The molecule has 0 amide bonds. The molecule has 4 rings (SSSR count). The summed E-state index contributed by atoms with van der Waals surface area (Å²) in [6.45, 7) is 19.0.